The van der Waals surface area contributed by atoms with E-state index in [9.17, 15) is 0 Å². The van der Waals surface area contributed by atoms with Crippen LogP contribution in [0.4, 0.5) is 5.69 Å². The quantitative estimate of drug-likeness (QED) is 0.745. The van der Waals surface area contributed by atoms with Crippen molar-refractivity contribution in [2.24, 2.45) is 0 Å². The molecule has 0 radical (unpaired) electrons. The van der Waals surface area contributed by atoms with Gasteiger partial charge in [0.2, 0.25) is 0 Å². The lowest BCUT2D eigenvalue weighted by Crippen LogP contribution is -1.82. The molecule has 0 bridgehead atoms. The fourth-order valence-electron chi connectivity index (χ4n) is 1.25. The summed E-state index contributed by atoms with van der Waals surface area (Å²) >= 11 is 0. The number of aromatic amines is 1. The molecule has 0 atom stereocenters. The first-order valence-electron chi connectivity index (χ1n) is 4.03. The van der Waals surface area contributed by atoms with Crippen molar-refractivity contribution < 1.29 is 0 Å². The van der Waals surface area contributed by atoms with Crippen LogP contribution in [0.2, 0.25) is 0 Å². The zero-order valence-corrected chi connectivity index (χ0v) is 9.41. The Morgan fingerprint density at radius 1 is 1.36 bits per heavy atom. The second-order valence-electron chi connectivity index (χ2n) is 2.81. The summed E-state index contributed by atoms with van der Waals surface area (Å²) in [6.07, 6.45) is 0.925. The van der Waals surface area contributed by atoms with Crippen molar-refractivity contribution in [1.29, 1.82) is 0 Å². The molecule has 2 aromatic rings. The van der Waals surface area contributed by atoms with E-state index < -0.39 is 0 Å². The minimum Gasteiger partial charge on any atom is -0.399 e. The molecule has 2 rings (SSSR count). The molecule has 0 saturated carbocycles. The van der Waals surface area contributed by atoms with Gasteiger partial charge >= 0.3 is 0 Å². The van der Waals surface area contributed by atoms with E-state index in [1.807, 2.05) is 18.2 Å². The summed E-state index contributed by atoms with van der Waals surface area (Å²) in [5.41, 5.74) is 8.41. The van der Waals surface area contributed by atoms with Crippen LogP contribution in [0, 0.1) is 0 Å². The van der Waals surface area contributed by atoms with Crippen molar-refractivity contribution in [1.82, 2.24) is 9.97 Å². The number of nitrogens with zero attached hydrogens (tertiary/aromatic N) is 1. The minimum atomic E-state index is 0. The largest absolute Gasteiger partial charge is 0.399 e. The van der Waals surface area contributed by atoms with Gasteiger partial charge in [0.1, 0.15) is 5.82 Å². The van der Waals surface area contributed by atoms with Gasteiger partial charge in [0.05, 0.1) is 11.0 Å². The van der Waals surface area contributed by atoms with Crippen LogP contribution in [0.5, 0.6) is 0 Å². The summed E-state index contributed by atoms with van der Waals surface area (Å²) in [4.78, 5) is 7.56. The van der Waals surface area contributed by atoms with Gasteiger partial charge in [0.15, 0.2) is 0 Å². The summed E-state index contributed by atoms with van der Waals surface area (Å²) in [6.45, 7) is 2.07. The lowest BCUT2D eigenvalue weighted by atomic mass is 10.3. The molecule has 0 unspecified atom stereocenters. The Kier molecular flexibility index (Phi) is 4.74. The van der Waals surface area contributed by atoms with E-state index in [4.69, 9.17) is 5.73 Å². The number of fused-ring (bicyclic) bond motifs is 1. The van der Waals surface area contributed by atoms with Crippen LogP contribution in [0.3, 0.4) is 0 Å². The van der Waals surface area contributed by atoms with Crippen molar-refractivity contribution in [3.8, 4) is 0 Å². The lowest BCUT2D eigenvalue weighted by molar-refractivity contribution is 1.00. The highest BCUT2D eigenvalue weighted by Gasteiger charge is 1.99. The van der Waals surface area contributed by atoms with Crippen LogP contribution in [0.25, 0.3) is 11.0 Å². The van der Waals surface area contributed by atoms with E-state index in [0.29, 0.717) is 0 Å². The normalized spacial score (nSPS) is 9.21. The van der Waals surface area contributed by atoms with Crippen molar-refractivity contribution in [3.05, 3.63) is 24.0 Å². The maximum Gasteiger partial charge on any atom is 0.106 e. The number of anilines is 1. The molecule has 78 valence electrons. The van der Waals surface area contributed by atoms with Crippen molar-refractivity contribution in [2.45, 2.75) is 13.3 Å². The number of nitrogen functional groups attached to an aromatic ring is 1. The number of halogens is 2. The number of nitrogens with two attached hydrogens (primary N) is 1. The fourth-order valence-corrected chi connectivity index (χ4v) is 1.25. The van der Waals surface area contributed by atoms with Gasteiger partial charge in [-0.3, -0.25) is 0 Å². The molecular formula is C9H13Cl2N3. The molecule has 14 heavy (non-hydrogen) atoms. The van der Waals surface area contributed by atoms with E-state index >= 15 is 0 Å². The molecule has 0 aliphatic heterocycles. The first kappa shape index (κ1) is 13.1. The highest BCUT2D eigenvalue weighted by Crippen LogP contribution is 2.14. The highest BCUT2D eigenvalue weighted by atomic mass is 35.5. The van der Waals surface area contributed by atoms with Gasteiger partial charge in [0, 0.05) is 12.1 Å². The summed E-state index contributed by atoms with van der Waals surface area (Å²) in [6, 6.07) is 5.70. The topological polar surface area (TPSA) is 54.7 Å². The van der Waals surface area contributed by atoms with Gasteiger partial charge in [-0.05, 0) is 18.2 Å². The Labute approximate surface area is 94.9 Å². The van der Waals surface area contributed by atoms with Gasteiger partial charge in [-0.15, -0.1) is 24.8 Å². The second kappa shape index (κ2) is 5.08. The third-order valence-corrected chi connectivity index (χ3v) is 1.89. The Hall–Kier alpha value is -0.930. The fraction of sp³-hybridized carbons (Fsp3) is 0.222. The lowest BCUT2D eigenvalue weighted by Gasteiger charge is -1.89. The molecule has 0 aliphatic carbocycles. The van der Waals surface area contributed by atoms with E-state index in [1.54, 1.807) is 0 Å². The number of rotatable bonds is 1. The van der Waals surface area contributed by atoms with Crippen LogP contribution >= 0.6 is 24.8 Å². The third-order valence-electron chi connectivity index (χ3n) is 1.89. The molecule has 1 heterocycles. The van der Waals surface area contributed by atoms with Crippen LogP contribution in [0.1, 0.15) is 12.7 Å². The summed E-state index contributed by atoms with van der Waals surface area (Å²) in [5.74, 6) is 1.01. The van der Waals surface area contributed by atoms with Crippen LogP contribution < -0.4 is 5.73 Å². The SMILES string of the molecule is CCc1nc2ccc(N)cc2[nH]1.Cl.Cl. The Morgan fingerprint density at radius 2 is 2.07 bits per heavy atom. The number of aromatic nitrogens is 2. The zero-order chi connectivity index (χ0) is 8.55. The molecule has 5 heteroatoms. The molecular weight excluding hydrogens is 221 g/mol. The Balaban J connectivity index is 0.000000845. The molecule has 0 spiro atoms. The van der Waals surface area contributed by atoms with Crippen molar-refractivity contribution in [3.63, 3.8) is 0 Å². The standard InChI is InChI=1S/C9H11N3.2ClH/c1-2-9-11-7-4-3-6(10)5-8(7)12-9;;/h3-5H,2,10H2,1H3,(H,11,12);2*1H. The molecule has 0 saturated heterocycles. The molecule has 0 amide bonds. The maximum absolute atomic E-state index is 5.63. The van der Waals surface area contributed by atoms with Crippen LogP contribution in [-0.4, -0.2) is 9.97 Å². The molecule has 0 aliphatic rings. The monoisotopic (exact) mass is 233 g/mol. The first-order chi connectivity index (χ1) is 5.79. The average molecular weight is 234 g/mol. The Morgan fingerprint density at radius 3 is 2.71 bits per heavy atom. The smallest absolute Gasteiger partial charge is 0.106 e. The van der Waals surface area contributed by atoms with Gasteiger partial charge in [-0.1, -0.05) is 6.92 Å². The van der Waals surface area contributed by atoms with Crippen molar-refractivity contribution >= 4 is 41.5 Å². The van der Waals surface area contributed by atoms with Crippen LogP contribution in [-0.2, 0) is 6.42 Å². The number of imidazole rings is 1. The summed E-state index contributed by atoms with van der Waals surface area (Å²) < 4.78 is 0. The maximum atomic E-state index is 5.63. The summed E-state index contributed by atoms with van der Waals surface area (Å²) in [5, 5.41) is 0. The number of benzene rings is 1. The van der Waals surface area contributed by atoms with E-state index in [0.717, 1.165) is 29.0 Å². The number of hydrogen-bond donors (Lipinski definition) is 2. The predicted molar refractivity (Wildman–Crippen MR) is 64.4 cm³/mol. The highest BCUT2D eigenvalue weighted by molar-refractivity contribution is 5.85. The summed E-state index contributed by atoms with van der Waals surface area (Å²) in [7, 11) is 0. The molecule has 1 aromatic carbocycles. The zero-order valence-electron chi connectivity index (χ0n) is 7.78. The number of hydrogen-bond acceptors (Lipinski definition) is 2. The number of aryl methyl sites for hydroxylation is 1. The van der Waals surface area contributed by atoms with E-state index in [2.05, 4.69) is 16.9 Å². The Bertz CT molecular complexity index is 411. The second-order valence-corrected chi connectivity index (χ2v) is 2.81. The molecule has 1 aromatic heterocycles. The van der Waals surface area contributed by atoms with Gasteiger partial charge in [-0.2, -0.15) is 0 Å². The first-order valence-corrected chi connectivity index (χ1v) is 4.03. The van der Waals surface area contributed by atoms with Crippen LogP contribution in [0.15, 0.2) is 18.2 Å². The van der Waals surface area contributed by atoms with Crippen molar-refractivity contribution in [2.75, 3.05) is 5.73 Å². The predicted octanol–water partition coefficient (Wildman–Crippen LogP) is 2.55. The minimum absolute atomic E-state index is 0. The van der Waals surface area contributed by atoms with E-state index in [-0.39, 0.29) is 24.8 Å². The molecule has 3 nitrogen and oxygen atoms in total. The number of H-pyrrole nitrogens is 1. The van der Waals surface area contributed by atoms with Gasteiger partial charge in [-0.25, -0.2) is 4.98 Å². The average Bonchev–Trinajstić information content (AvgIpc) is 2.46. The molecule has 3 N–H and O–H groups in total. The van der Waals surface area contributed by atoms with Gasteiger partial charge in [0.25, 0.3) is 0 Å². The third kappa shape index (κ3) is 2.30. The van der Waals surface area contributed by atoms with Gasteiger partial charge < -0.3 is 10.7 Å². The van der Waals surface area contributed by atoms with E-state index in [1.165, 1.54) is 0 Å². The number of nitrogens with one attached hydrogen (secondary N) is 1. The molecule has 0 fully saturated rings.